The Morgan fingerprint density at radius 2 is 1.64 bits per heavy atom. The minimum Gasteiger partial charge on any atom is -0.481 e. The molecule has 0 saturated carbocycles. The topological polar surface area (TPSA) is 60.9 Å². The number of amides is 1. The van der Waals surface area contributed by atoms with Crippen LogP contribution in [0, 0.1) is 37.9 Å². The van der Waals surface area contributed by atoms with Crippen LogP contribution < -0.4 is 4.90 Å². The molecule has 42 heavy (non-hydrogen) atoms. The van der Waals surface area contributed by atoms with Gasteiger partial charge in [-0.3, -0.25) is 14.5 Å². The minimum atomic E-state index is -0.800. The zero-order valence-corrected chi connectivity index (χ0v) is 27.2. The number of aryl methyl sites for hydroxylation is 3. The standard InChI is InChI=1S/C36H53FN2O3/c1-9-12-28(13-10-2)39(29-16-17-31(37)26(6)20-29)33(40)23-38-22-30(27-15-14-24(4)25(5)19-27)34(35(41)42)32(38)21-36(7,8)18-11-3/h14-17,19-20,28,30,32,34H,9-13,18,21-23H2,1-8H3,(H,41,42)/t30-,32+,34-/m1/s1. The first-order valence-corrected chi connectivity index (χ1v) is 16.0. The van der Waals surface area contributed by atoms with Gasteiger partial charge in [0.1, 0.15) is 5.82 Å². The van der Waals surface area contributed by atoms with Crippen molar-refractivity contribution in [2.45, 2.75) is 118 Å². The van der Waals surface area contributed by atoms with Gasteiger partial charge in [0.15, 0.2) is 0 Å². The van der Waals surface area contributed by atoms with Gasteiger partial charge < -0.3 is 10.0 Å². The van der Waals surface area contributed by atoms with E-state index in [9.17, 15) is 19.1 Å². The average molecular weight is 581 g/mol. The maximum Gasteiger partial charge on any atom is 0.308 e. The van der Waals surface area contributed by atoms with Crippen LogP contribution in [0.25, 0.3) is 0 Å². The highest BCUT2D eigenvalue weighted by Crippen LogP contribution is 2.44. The number of carbonyl (C=O) groups excluding carboxylic acids is 1. The smallest absolute Gasteiger partial charge is 0.308 e. The number of hydrogen-bond donors (Lipinski definition) is 1. The maximum absolute atomic E-state index is 14.4. The fourth-order valence-electron chi connectivity index (χ4n) is 7.08. The van der Waals surface area contributed by atoms with E-state index in [1.54, 1.807) is 19.1 Å². The second-order valence-electron chi connectivity index (χ2n) is 13.4. The highest BCUT2D eigenvalue weighted by atomic mass is 19.1. The van der Waals surface area contributed by atoms with Crippen molar-refractivity contribution in [2.24, 2.45) is 11.3 Å². The maximum atomic E-state index is 14.4. The SMILES string of the molecule is CCCC(CCC)N(C(=O)CN1C[C@H](c2ccc(C)c(C)c2)[C@@H](C(=O)O)[C@@H]1CC(C)(C)CCC)c1ccc(F)c(C)c1. The summed E-state index contributed by atoms with van der Waals surface area (Å²) in [4.78, 5) is 31.4. The highest BCUT2D eigenvalue weighted by molar-refractivity contribution is 5.95. The molecule has 0 radical (unpaired) electrons. The van der Waals surface area contributed by atoms with Gasteiger partial charge in [-0.15, -0.1) is 0 Å². The summed E-state index contributed by atoms with van der Waals surface area (Å²) in [6.45, 7) is 17.4. The van der Waals surface area contributed by atoms with Crippen molar-refractivity contribution in [3.8, 4) is 0 Å². The van der Waals surface area contributed by atoms with Crippen LogP contribution in [0.15, 0.2) is 36.4 Å². The molecule has 3 atom stereocenters. The lowest BCUT2D eigenvalue weighted by Crippen LogP contribution is -2.48. The lowest BCUT2D eigenvalue weighted by molar-refractivity contribution is -0.143. The average Bonchev–Trinajstić information content (AvgIpc) is 3.25. The molecule has 1 N–H and O–H groups in total. The fraction of sp³-hybridized carbons (Fsp3) is 0.611. The fourth-order valence-corrected chi connectivity index (χ4v) is 7.08. The highest BCUT2D eigenvalue weighted by Gasteiger charge is 2.49. The van der Waals surface area contributed by atoms with Crippen LogP contribution in [-0.2, 0) is 9.59 Å². The van der Waals surface area contributed by atoms with Crippen molar-refractivity contribution < 1.29 is 19.1 Å². The van der Waals surface area contributed by atoms with E-state index in [2.05, 4.69) is 71.6 Å². The Balaban J connectivity index is 2.06. The van der Waals surface area contributed by atoms with Crippen molar-refractivity contribution in [3.63, 3.8) is 0 Å². The summed E-state index contributed by atoms with van der Waals surface area (Å²) in [6, 6.07) is 10.9. The van der Waals surface area contributed by atoms with Crippen LogP contribution in [0.1, 0.15) is 108 Å². The Morgan fingerprint density at radius 1 is 0.976 bits per heavy atom. The number of benzene rings is 2. The summed E-state index contributed by atoms with van der Waals surface area (Å²) in [6.07, 6.45) is 6.28. The molecule has 1 aliphatic heterocycles. The lowest BCUT2D eigenvalue weighted by atomic mass is 9.76. The van der Waals surface area contributed by atoms with E-state index in [1.807, 2.05) is 4.90 Å². The van der Waals surface area contributed by atoms with E-state index in [0.717, 1.165) is 49.7 Å². The first kappa shape index (κ1) is 33.8. The third-order valence-corrected chi connectivity index (χ3v) is 9.32. The van der Waals surface area contributed by atoms with Crippen molar-refractivity contribution in [2.75, 3.05) is 18.0 Å². The van der Waals surface area contributed by atoms with E-state index >= 15 is 0 Å². The van der Waals surface area contributed by atoms with Crippen LogP contribution in [0.2, 0.25) is 0 Å². The Kier molecular flexibility index (Phi) is 11.8. The molecule has 1 amide bonds. The molecular formula is C36H53FN2O3. The van der Waals surface area contributed by atoms with Gasteiger partial charge in [0.2, 0.25) is 5.91 Å². The van der Waals surface area contributed by atoms with Gasteiger partial charge in [-0.1, -0.05) is 72.1 Å². The van der Waals surface area contributed by atoms with E-state index in [-0.39, 0.29) is 41.7 Å². The number of aliphatic carboxylic acids is 1. The van der Waals surface area contributed by atoms with Gasteiger partial charge in [0, 0.05) is 30.2 Å². The second-order valence-corrected chi connectivity index (χ2v) is 13.4. The molecule has 1 aliphatic rings. The summed E-state index contributed by atoms with van der Waals surface area (Å²) in [5.41, 5.74) is 4.52. The molecule has 1 saturated heterocycles. The number of likely N-dealkylation sites (tertiary alicyclic amines) is 1. The zero-order chi connectivity index (χ0) is 31.2. The lowest BCUT2D eigenvalue weighted by Gasteiger charge is -2.37. The number of rotatable bonds is 14. The molecule has 0 aromatic heterocycles. The van der Waals surface area contributed by atoms with Gasteiger partial charge in [0.25, 0.3) is 0 Å². The molecule has 0 bridgehead atoms. The molecule has 5 nitrogen and oxygen atoms in total. The molecule has 0 aliphatic carbocycles. The number of carboxylic acids is 1. The number of carbonyl (C=O) groups is 2. The van der Waals surface area contributed by atoms with Crippen LogP contribution in [0.4, 0.5) is 10.1 Å². The van der Waals surface area contributed by atoms with Crippen molar-refractivity contribution in [3.05, 3.63) is 64.5 Å². The van der Waals surface area contributed by atoms with Gasteiger partial charge in [-0.05, 0) is 92.3 Å². The first-order chi connectivity index (χ1) is 19.8. The Bertz CT molecular complexity index is 1220. The molecule has 0 spiro atoms. The Morgan fingerprint density at radius 3 is 2.19 bits per heavy atom. The van der Waals surface area contributed by atoms with Crippen LogP contribution in [0.5, 0.6) is 0 Å². The molecule has 1 fully saturated rings. The van der Waals surface area contributed by atoms with Crippen molar-refractivity contribution >= 4 is 17.6 Å². The second kappa shape index (κ2) is 14.6. The van der Waals surface area contributed by atoms with Crippen molar-refractivity contribution in [1.29, 1.82) is 0 Å². The predicted octanol–water partition coefficient (Wildman–Crippen LogP) is 8.44. The summed E-state index contributed by atoms with van der Waals surface area (Å²) in [7, 11) is 0. The summed E-state index contributed by atoms with van der Waals surface area (Å²) in [5, 5.41) is 10.6. The third-order valence-electron chi connectivity index (χ3n) is 9.32. The molecule has 2 aromatic rings. The largest absolute Gasteiger partial charge is 0.481 e. The molecule has 6 heteroatoms. The molecule has 232 valence electrons. The Hall–Kier alpha value is -2.73. The van der Waals surface area contributed by atoms with E-state index < -0.39 is 11.9 Å². The van der Waals surface area contributed by atoms with Gasteiger partial charge in [-0.25, -0.2) is 4.39 Å². The Labute approximate surface area is 253 Å². The molecule has 1 heterocycles. The van der Waals surface area contributed by atoms with E-state index in [4.69, 9.17) is 0 Å². The zero-order valence-electron chi connectivity index (χ0n) is 27.2. The molecule has 3 rings (SSSR count). The molecular weight excluding hydrogens is 527 g/mol. The van der Waals surface area contributed by atoms with Gasteiger partial charge in [-0.2, -0.15) is 0 Å². The number of anilines is 1. The molecule has 2 aromatic carbocycles. The van der Waals surface area contributed by atoms with Crippen LogP contribution in [-0.4, -0.2) is 47.1 Å². The van der Waals surface area contributed by atoms with Gasteiger partial charge in [0.05, 0.1) is 12.5 Å². The summed E-state index contributed by atoms with van der Waals surface area (Å²) in [5.74, 6) is -1.95. The van der Waals surface area contributed by atoms with Crippen LogP contribution in [0.3, 0.4) is 0 Å². The van der Waals surface area contributed by atoms with Gasteiger partial charge >= 0.3 is 5.97 Å². The summed E-state index contributed by atoms with van der Waals surface area (Å²) >= 11 is 0. The van der Waals surface area contributed by atoms with Crippen molar-refractivity contribution in [1.82, 2.24) is 4.90 Å². The third kappa shape index (κ3) is 8.00. The summed E-state index contributed by atoms with van der Waals surface area (Å²) < 4.78 is 14.3. The number of carboxylic acid groups (broad SMARTS) is 1. The molecule has 0 unspecified atom stereocenters. The number of halogens is 1. The number of hydrogen-bond acceptors (Lipinski definition) is 3. The van der Waals surface area contributed by atoms with E-state index in [1.165, 1.54) is 11.6 Å². The normalized spacial score (nSPS) is 19.4. The quantitative estimate of drug-likeness (QED) is 0.244. The first-order valence-electron chi connectivity index (χ1n) is 16.0. The minimum absolute atomic E-state index is 0.000706. The van der Waals surface area contributed by atoms with Crippen LogP contribution >= 0.6 is 0 Å². The van der Waals surface area contributed by atoms with E-state index in [0.29, 0.717) is 24.2 Å². The number of nitrogens with zero attached hydrogens (tertiary/aromatic N) is 2. The monoisotopic (exact) mass is 580 g/mol. The predicted molar refractivity (Wildman–Crippen MR) is 171 cm³/mol.